The molecule has 1 atom stereocenters. The molecule has 0 aliphatic heterocycles. The van der Waals surface area contributed by atoms with E-state index in [2.05, 4.69) is 31.1 Å². The zero-order valence-electron chi connectivity index (χ0n) is 16.2. The molecule has 3 aromatic rings. The molecule has 2 aromatic carbocycles. The molecule has 1 unspecified atom stereocenters. The van der Waals surface area contributed by atoms with Crippen molar-refractivity contribution < 1.29 is 13.2 Å². The molecule has 3 rings (SSSR count). The van der Waals surface area contributed by atoms with Gasteiger partial charge in [-0.25, -0.2) is 13.1 Å². The average Bonchev–Trinajstić information content (AvgIpc) is 3.02. The summed E-state index contributed by atoms with van der Waals surface area (Å²) in [5.41, 5.74) is 3.29. The quantitative estimate of drug-likeness (QED) is 0.565. The lowest BCUT2D eigenvalue weighted by Gasteiger charge is -2.15. The van der Waals surface area contributed by atoms with Crippen LogP contribution in [0.4, 0.5) is 5.69 Å². The van der Waals surface area contributed by atoms with Crippen molar-refractivity contribution in [3.05, 3.63) is 76.0 Å². The van der Waals surface area contributed by atoms with E-state index >= 15 is 0 Å². The highest BCUT2D eigenvalue weighted by Gasteiger charge is 2.18. The molecule has 0 aliphatic rings. The van der Waals surface area contributed by atoms with E-state index in [0.29, 0.717) is 11.3 Å². The maximum Gasteiger partial charge on any atom is 0.255 e. The molecular formula is C20H21BrN4O3S. The van der Waals surface area contributed by atoms with Gasteiger partial charge in [-0.1, -0.05) is 28.1 Å². The predicted octanol–water partition coefficient (Wildman–Crippen LogP) is 3.81. The lowest BCUT2D eigenvalue weighted by Crippen LogP contribution is -2.27. The van der Waals surface area contributed by atoms with Crippen molar-refractivity contribution in [2.75, 3.05) is 11.0 Å². The molecule has 29 heavy (non-hydrogen) atoms. The lowest BCUT2D eigenvalue weighted by atomic mass is 10.1. The molecule has 0 fully saturated rings. The smallest absolute Gasteiger partial charge is 0.255 e. The predicted molar refractivity (Wildman–Crippen MR) is 117 cm³/mol. The van der Waals surface area contributed by atoms with Gasteiger partial charge >= 0.3 is 0 Å². The van der Waals surface area contributed by atoms with E-state index in [1.165, 1.54) is 0 Å². The minimum Gasteiger partial charge on any atom is -0.345 e. The first-order valence-corrected chi connectivity index (χ1v) is 11.5. The number of carbonyl (C=O) groups is 1. The normalized spacial score (nSPS) is 12.4. The second-order valence-electron chi connectivity index (χ2n) is 6.73. The standard InChI is InChI=1S/C20H21BrN4O3S/c1-13(15-5-4-6-17(11-15)24-29(3,27)28)23-20(26)19-12-22-25(14(19)2)18-9-7-16(21)8-10-18/h4-13,24H,1-3H3,(H,23,26). The van der Waals surface area contributed by atoms with Crippen LogP contribution in [-0.4, -0.2) is 30.4 Å². The Balaban J connectivity index is 1.77. The van der Waals surface area contributed by atoms with Crippen molar-refractivity contribution in [2.24, 2.45) is 0 Å². The monoisotopic (exact) mass is 476 g/mol. The number of anilines is 1. The van der Waals surface area contributed by atoms with E-state index in [9.17, 15) is 13.2 Å². The molecule has 1 amide bonds. The molecule has 1 aromatic heterocycles. The fraction of sp³-hybridized carbons (Fsp3) is 0.200. The van der Waals surface area contributed by atoms with Crippen LogP contribution >= 0.6 is 15.9 Å². The zero-order chi connectivity index (χ0) is 21.2. The highest BCUT2D eigenvalue weighted by molar-refractivity contribution is 9.10. The van der Waals surface area contributed by atoms with Gasteiger partial charge in [0.25, 0.3) is 5.91 Å². The van der Waals surface area contributed by atoms with Crippen LogP contribution in [0.5, 0.6) is 0 Å². The Kier molecular flexibility index (Phi) is 6.09. The molecule has 0 radical (unpaired) electrons. The van der Waals surface area contributed by atoms with Crippen LogP contribution in [0, 0.1) is 6.92 Å². The zero-order valence-corrected chi connectivity index (χ0v) is 18.6. The third kappa shape index (κ3) is 5.24. The highest BCUT2D eigenvalue weighted by Crippen LogP contribution is 2.20. The number of amides is 1. The van der Waals surface area contributed by atoms with E-state index in [-0.39, 0.29) is 11.9 Å². The van der Waals surface area contributed by atoms with Gasteiger partial charge in [-0.2, -0.15) is 5.10 Å². The summed E-state index contributed by atoms with van der Waals surface area (Å²) < 4.78 is 28.0. The number of nitrogens with zero attached hydrogens (tertiary/aromatic N) is 2. The van der Waals surface area contributed by atoms with Gasteiger partial charge in [-0.05, 0) is 55.8 Å². The summed E-state index contributed by atoms with van der Waals surface area (Å²) in [6.07, 6.45) is 2.64. The first-order chi connectivity index (χ1) is 13.6. The van der Waals surface area contributed by atoms with Crippen molar-refractivity contribution in [3.8, 4) is 5.69 Å². The number of carbonyl (C=O) groups excluding carboxylic acids is 1. The second kappa shape index (κ2) is 8.38. The SMILES string of the molecule is Cc1c(C(=O)NC(C)c2cccc(NS(C)(=O)=O)c2)cnn1-c1ccc(Br)cc1. The van der Waals surface area contributed by atoms with E-state index in [0.717, 1.165) is 27.7 Å². The Bertz CT molecular complexity index is 1140. The number of aromatic nitrogens is 2. The minimum atomic E-state index is -3.37. The summed E-state index contributed by atoms with van der Waals surface area (Å²) in [7, 11) is -3.37. The van der Waals surface area contributed by atoms with Gasteiger partial charge in [0.05, 0.1) is 35.4 Å². The Morgan fingerprint density at radius 2 is 1.86 bits per heavy atom. The first-order valence-electron chi connectivity index (χ1n) is 8.83. The largest absolute Gasteiger partial charge is 0.345 e. The third-order valence-corrected chi connectivity index (χ3v) is 5.50. The Labute approximate surface area is 178 Å². The molecule has 0 bridgehead atoms. The van der Waals surface area contributed by atoms with E-state index in [1.807, 2.05) is 44.2 Å². The number of rotatable bonds is 6. The van der Waals surface area contributed by atoms with Crippen molar-refractivity contribution >= 4 is 37.5 Å². The van der Waals surface area contributed by atoms with Crippen molar-refractivity contribution in [1.82, 2.24) is 15.1 Å². The third-order valence-electron chi connectivity index (χ3n) is 4.36. The summed E-state index contributed by atoms with van der Waals surface area (Å²) in [5, 5.41) is 7.28. The van der Waals surface area contributed by atoms with Crippen LogP contribution in [-0.2, 0) is 10.0 Å². The van der Waals surface area contributed by atoms with Gasteiger partial charge in [-0.3, -0.25) is 9.52 Å². The molecule has 0 saturated carbocycles. The molecule has 0 saturated heterocycles. The lowest BCUT2D eigenvalue weighted by molar-refractivity contribution is 0.0939. The summed E-state index contributed by atoms with van der Waals surface area (Å²) in [6.45, 7) is 3.68. The van der Waals surface area contributed by atoms with Gasteiger partial charge in [0.2, 0.25) is 10.0 Å². The number of benzene rings is 2. The Hall–Kier alpha value is -2.65. The molecule has 152 valence electrons. The van der Waals surface area contributed by atoms with Gasteiger partial charge in [0.1, 0.15) is 0 Å². The molecule has 0 aliphatic carbocycles. The topological polar surface area (TPSA) is 93.1 Å². The van der Waals surface area contributed by atoms with Crippen LogP contribution in [0.1, 0.15) is 34.6 Å². The van der Waals surface area contributed by atoms with Crippen molar-refractivity contribution in [3.63, 3.8) is 0 Å². The molecular weight excluding hydrogens is 456 g/mol. The Morgan fingerprint density at radius 3 is 2.52 bits per heavy atom. The van der Waals surface area contributed by atoms with Crippen LogP contribution in [0.3, 0.4) is 0 Å². The summed E-state index contributed by atoms with van der Waals surface area (Å²) in [5.74, 6) is -0.250. The van der Waals surface area contributed by atoms with Gasteiger partial charge in [0.15, 0.2) is 0 Å². The molecule has 9 heteroatoms. The molecule has 0 spiro atoms. The molecule has 2 N–H and O–H groups in total. The fourth-order valence-electron chi connectivity index (χ4n) is 2.92. The van der Waals surface area contributed by atoms with Crippen molar-refractivity contribution in [1.29, 1.82) is 0 Å². The molecule has 7 nitrogen and oxygen atoms in total. The number of hydrogen-bond acceptors (Lipinski definition) is 4. The first kappa shape index (κ1) is 21.1. The number of hydrogen-bond donors (Lipinski definition) is 2. The number of halogens is 1. The van der Waals surface area contributed by atoms with Crippen LogP contribution in [0.2, 0.25) is 0 Å². The highest BCUT2D eigenvalue weighted by atomic mass is 79.9. The number of sulfonamides is 1. The van der Waals surface area contributed by atoms with Gasteiger partial charge in [0, 0.05) is 10.2 Å². The summed E-state index contributed by atoms with van der Waals surface area (Å²) >= 11 is 3.40. The van der Waals surface area contributed by atoms with E-state index in [4.69, 9.17) is 0 Å². The molecule has 1 heterocycles. The Morgan fingerprint density at radius 1 is 1.17 bits per heavy atom. The average molecular weight is 477 g/mol. The minimum absolute atomic E-state index is 0.250. The summed E-state index contributed by atoms with van der Waals surface area (Å²) in [6, 6.07) is 14.3. The van der Waals surface area contributed by atoms with Crippen LogP contribution < -0.4 is 10.0 Å². The maximum absolute atomic E-state index is 12.8. The van der Waals surface area contributed by atoms with E-state index in [1.54, 1.807) is 29.1 Å². The summed E-state index contributed by atoms with van der Waals surface area (Å²) in [4.78, 5) is 12.8. The van der Waals surface area contributed by atoms with Crippen LogP contribution in [0.15, 0.2) is 59.2 Å². The van der Waals surface area contributed by atoms with Gasteiger partial charge in [-0.15, -0.1) is 0 Å². The van der Waals surface area contributed by atoms with Crippen LogP contribution in [0.25, 0.3) is 5.69 Å². The van der Waals surface area contributed by atoms with E-state index < -0.39 is 10.0 Å². The maximum atomic E-state index is 12.8. The van der Waals surface area contributed by atoms with Crippen molar-refractivity contribution in [2.45, 2.75) is 19.9 Å². The second-order valence-corrected chi connectivity index (χ2v) is 9.39. The fourth-order valence-corrected chi connectivity index (χ4v) is 3.74. The van der Waals surface area contributed by atoms with Gasteiger partial charge < -0.3 is 5.32 Å². The number of nitrogens with one attached hydrogen (secondary N) is 2.